The normalized spacial score (nSPS) is 14.5. The zero-order valence-corrected chi connectivity index (χ0v) is 12.7. The molecule has 0 aromatic carbocycles. The Morgan fingerprint density at radius 3 is 2.73 bits per heavy atom. The first-order chi connectivity index (χ1) is 10.1. The molecule has 0 radical (unpaired) electrons. The zero-order chi connectivity index (χ0) is 16.5. The lowest BCUT2D eigenvalue weighted by Gasteiger charge is -2.24. The number of fused-ring (bicyclic) bond motifs is 1. The van der Waals surface area contributed by atoms with E-state index in [1.165, 1.54) is 12.7 Å². The van der Waals surface area contributed by atoms with E-state index in [0.29, 0.717) is 11.2 Å². The van der Waals surface area contributed by atoms with Gasteiger partial charge in [-0.25, -0.2) is 23.7 Å². The number of aryl methyl sites for hydroxylation is 1. The molecule has 0 aliphatic carbocycles. The molecule has 122 valence electrons. The number of imidazole rings is 1. The Balaban J connectivity index is 2.16. The van der Waals surface area contributed by atoms with Crippen LogP contribution in [-0.2, 0) is 15.8 Å². The van der Waals surface area contributed by atoms with Crippen molar-refractivity contribution in [1.29, 1.82) is 0 Å². The van der Waals surface area contributed by atoms with Crippen molar-refractivity contribution in [2.45, 2.75) is 32.4 Å². The van der Waals surface area contributed by atoms with Crippen LogP contribution in [0.3, 0.4) is 0 Å². The van der Waals surface area contributed by atoms with Crippen molar-refractivity contribution in [3.8, 4) is 0 Å². The highest BCUT2D eigenvalue weighted by atomic mass is 31.2. The van der Waals surface area contributed by atoms with Crippen LogP contribution in [0.1, 0.15) is 12.6 Å². The number of halogens is 2. The molecule has 8 nitrogen and oxygen atoms in total. The predicted octanol–water partition coefficient (Wildman–Crippen LogP) is 1.31. The highest BCUT2D eigenvalue weighted by Crippen LogP contribution is 2.36. The van der Waals surface area contributed by atoms with Crippen molar-refractivity contribution >= 4 is 18.8 Å². The third kappa shape index (κ3) is 3.83. The highest BCUT2D eigenvalue weighted by molar-refractivity contribution is 7.51. The van der Waals surface area contributed by atoms with Crippen LogP contribution in [0.5, 0.6) is 0 Å². The molecule has 0 aliphatic rings. The summed E-state index contributed by atoms with van der Waals surface area (Å²) in [6, 6.07) is 0. The summed E-state index contributed by atoms with van der Waals surface area (Å²) in [5.74, 6) is -3.36. The summed E-state index contributed by atoms with van der Waals surface area (Å²) in [7, 11) is -4.50. The smallest absolute Gasteiger partial charge is 0.350 e. The van der Waals surface area contributed by atoms with Gasteiger partial charge < -0.3 is 19.1 Å². The van der Waals surface area contributed by atoms with Crippen molar-refractivity contribution in [2.75, 3.05) is 6.35 Å². The van der Waals surface area contributed by atoms with Crippen LogP contribution in [0.4, 0.5) is 8.78 Å². The van der Waals surface area contributed by atoms with E-state index in [0.717, 1.165) is 11.5 Å². The van der Waals surface area contributed by atoms with Crippen LogP contribution < -0.4 is 0 Å². The molecular weight excluding hydrogens is 321 g/mol. The molecule has 2 aromatic heterocycles. The van der Waals surface area contributed by atoms with Gasteiger partial charge >= 0.3 is 7.60 Å². The molecule has 0 unspecified atom stereocenters. The molecule has 0 spiro atoms. The predicted molar refractivity (Wildman–Crippen MR) is 72.5 cm³/mol. The maximum absolute atomic E-state index is 14.1. The lowest BCUT2D eigenvalue weighted by atomic mass is 10.2. The summed E-state index contributed by atoms with van der Waals surface area (Å²) in [5.41, 5.74) is 1.24. The third-order valence-corrected chi connectivity index (χ3v) is 3.54. The fraction of sp³-hybridized carbons (Fsp3) is 0.545. The topological polar surface area (TPSA) is 110 Å². The quantitative estimate of drug-likeness (QED) is 0.765. The maximum atomic E-state index is 14.1. The lowest BCUT2D eigenvalue weighted by molar-refractivity contribution is -0.130. The van der Waals surface area contributed by atoms with Gasteiger partial charge in [0.05, 0.1) is 18.6 Å². The summed E-state index contributed by atoms with van der Waals surface area (Å²) in [6.07, 6.45) is -0.270. The molecule has 0 fully saturated rings. The molecule has 22 heavy (non-hydrogen) atoms. The number of rotatable bonds is 6. The molecule has 11 heteroatoms. The van der Waals surface area contributed by atoms with Crippen LogP contribution in [-0.4, -0.2) is 47.7 Å². The van der Waals surface area contributed by atoms with Crippen molar-refractivity contribution in [2.24, 2.45) is 0 Å². The average molecular weight is 336 g/mol. The Kier molecular flexibility index (Phi) is 4.57. The fourth-order valence-electron chi connectivity index (χ4n) is 1.80. The van der Waals surface area contributed by atoms with Crippen LogP contribution in [0.2, 0.25) is 0 Å². The molecule has 0 saturated heterocycles. The van der Waals surface area contributed by atoms with E-state index in [1.54, 1.807) is 6.92 Å². The van der Waals surface area contributed by atoms with Gasteiger partial charge in [0.1, 0.15) is 24.3 Å². The minimum Gasteiger partial charge on any atom is -0.360 e. The number of nitrogens with zero attached hydrogens (tertiary/aromatic N) is 4. The van der Waals surface area contributed by atoms with E-state index in [-0.39, 0.29) is 5.65 Å². The first-order valence-electron chi connectivity index (χ1n) is 6.26. The second-order valence-electron chi connectivity index (χ2n) is 4.87. The van der Waals surface area contributed by atoms with Gasteiger partial charge in [0.2, 0.25) is 0 Å². The molecule has 2 heterocycles. The highest BCUT2D eigenvalue weighted by Gasteiger charge is 2.39. The van der Waals surface area contributed by atoms with Gasteiger partial charge in [-0.3, -0.25) is 4.57 Å². The molecule has 2 aromatic rings. The summed E-state index contributed by atoms with van der Waals surface area (Å²) in [5, 5.41) is 0. The van der Waals surface area contributed by atoms with Gasteiger partial charge in [-0.1, -0.05) is 0 Å². The minimum atomic E-state index is -4.50. The fourth-order valence-corrected chi connectivity index (χ4v) is 2.22. The summed E-state index contributed by atoms with van der Waals surface area (Å²) in [6.45, 7) is 1.96. The summed E-state index contributed by atoms with van der Waals surface area (Å²) < 4.78 is 44.6. The minimum absolute atomic E-state index is 0.259. The molecule has 1 atom stereocenters. The second kappa shape index (κ2) is 5.96. The van der Waals surface area contributed by atoms with E-state index >= 15 is 0 Å². The Hall–Kier alpha value is -1.48. The Bertz CT molecular complexity index is 717. The third-order valence-electron chi connectivity index (χ3n) is 3.05. The number of hydrogen-bond donors (Lipinski definition) is 2. The van der Waals surface area contributed by atoms with Gasteiger partial charge in [0.15, 0.2) is 5.65 Å². The van der Waals surface area contributed by atoms with E-state index in [1.807, 2.05) is 0 Å². The van der Waals surface area contributed by atoms with Crippen LogP contribution in [0.25, 0.3) is 11.2 Å². The first-order valence-corrected chi connectivity index (χ1v) is 8.06. The molecule has 0 aliphatic heterocycles. The van der Waals surface area contributed by atoms with Crippen molar-refractivity contribution < 1.29 is 27.9 Å². The summed E-state index contributed by atoms with van der Waals surface area (Å²) >= 11 is 0. The SMILES string of the molecule is Cc1ncnc2c1ncn2CC(F)(F)[C@H](C)OCP(=O)(O)O. The molecule has 2 N–H and O–H groups in total. The zero-order valence-electron chi connectivity index (χ0n) is 11.8. The van der Waals surface area contributed by atoms with E-state index in [2.05, 4.69) is 19.7 Å². The Morgan fingerprint density at radius 1 is 1.41 bits per heavy atom. The van der Waals surface area contributed by atoms with Crippen molar-refractivity contribution in [1.82, 2.24) is 19.5 Å². The van der Waals surface area contributed by atoms with E-state index in [9.17, 15) is 13.3 Å². The number of alkyl halides is 2. The lowest BCUT2D eigenvalue weighted by Crippen LogP contribution is -2.37. The number of aromatic nitrogens is 4. The molecule has 2 rings (SSSR count). The standard InChI is InChI=1S/C11H15F2N4O4P/c1-7-9-10(15-4-14-7)17(5-16-9)3-11(12,13)8(2)21-6-22(18,19)20/h4-5,8H,3,6H2,1-2H3,(H2,18,19,20)/t8-/m0/s1. The number of hydrogen-bond acceptors (Lipinski definition) is 5. The van der Waals surface area contributed by atoms with Crippen LogP contribution in [0, 0.1) is 6.92 Å². The largest absolute Gasteiger partial charge is 0.360 e. The molecule has 0 amide bonds. The average Bonchev–Trinajstić information content (AvgIpc) is 2.79. The van der Waals surface area contributed by atoms with Gasteiger partial charge in [-0.2, -0.15) is 0 Å². The second-order valence-corrected chi connectivity index (χ2v) is 6.46. The first kappa shape index (κ1) is 16.9. The van der Waals surface area contributed by atoms with E-state index < -0.39 is 32.5 Å². The van der Waals surface area contributed by atoms with Gasteiger partial charge in [-0.15, -0.1) is 0 Å². The number of ether oxygens (including phenoxy) is 1. The Morgan fingerprint density at radius 2 is 2.09 bits per heavy atom. The monoisotopic (exact) mass is 336 g/mol. The summed E-state index contributed by atoms with van der Waals surface area (Å²) in [4.78, 5) is 29.2. The Labute approximate surface area is 124 Å². The van der Waals surface area contributed by atoms with Crippen molar-refractivity contribution in [3.63, 3.8) is 0 Å². The van der Waals surface area contributed by atoms with Crippen LogP contribution >= 0.6 is 7.60 Å². The van der Waals surface area contributed by atoms with E-state index in [4.69, 9.17) is 9.79 Å². The molecular formula is C11H15F2N4O4P. The van der Waals surface area contributed by atoms with Gasteiger partial charge in [0.25, 0.3) is 5.92 Å². The van der Waals surface area contributed by atoms with Gasteiger partial charge in [0, 0.05) is 0 Å². The molecule has 0 bridgehead atoms. The molecule has 0 saturated carbocycles. The van der Waals surface area contributed by atoms with Crippen molar-refractivity contribution in [3.05, 3.63) is 18.3 Å². The maximum Gasteiger partial charge on any atom is 0.350 e. The van der Waals surface area contributed by atoms with Gasteiger partial charge in [-0.05, 0) is 13.8 Å². The van der Waals surface area contributed by atoms with Crippen LogP contribution in [0.15, 0.2) is 12.7 Å².